The van der Waals surface area contributed by atoms with E-state index in [9.17, 15) is 18.0 Å². The van der Waals surface area contributed by atoms with E-state index in [-0.39, 0.29) is 24.0 Å². The highest BCUT2D eigenvalue weighted by Crippen LogP contribution is 2.33. The van der Waals surface area contributed by atoms with Crippen LogP contribution < -0.4 is 10.1 Å². The number of thiazole rings is 1. The molecule has 3 aromatic rings. The van der Waals surface area contributed by atoms with E-state index < -0.39 is 11.7 Å². The van der Waals surface area contributed by atoms with Gasteiger partial charge in [0, 0.05) is 22.5 Å². The van der Waals surface area contributed by atoms with Crippen molar-refractivity contribution in [2.45, 2.75) is 26.4 Å². The van der Waals surface area contributed by atoms with Crippen molar-refractivity contribution in [1.29, 1.82) is 0 Å². The van der Waals surface area contributed by atoms with E-state index in [2.05, 4.69) is 10.3 Å². The molecule has 1 heterocycles. The molecule has 1 N–H and O–H groups in total. The molecule has 0 spiro atoms. The van der Waals surface area contributed by atoms with Crippen LogP contribution in [0.3, 0.4) is 0 Å². The minimum Gasteiger partial charge on any atom is -0.483 e. The zero-order chi connectivity index (χ0) is 21.9. The minimum absolute atomic E-state index is 0.176. The summed E-state index contributed by atoms with van der Waals surface area (Å²) >= 11 is 7.21. The molecule has 0 bridgehead atoms. The van der Waals surface area contributed by atoms with Crippen molar-refractivity contribution in [3.63, 3.8) is 0 Å². The molecule has 0 aliphatic carbocycles. The number of hydrogen-bond acceptors (Lipinski definition) is 4. The number of carbonyl (C=O) groups excluding carboxylic acids is 1. The van der Waals surface area contributed by atoms with Crippen molar-refractivity contribution in [3.8, 4) is 5.75 Å². The summed E-state index contributed by atoms with van der Waals surface area (Å²) in [6.45, 7) is 3.68. The number of hydrogen-bond donors (Lipinski definition) is 1. The summed E-state index contributed by atoms with van der Waals surface area (Å²) < 4.78 is 44.3. The summed E-state index contributed by atoms with van der Waals surface area (Å²) in [7, 11) is 0. The molecule has 0 radical (unpaired) electrons. The molecular formula is C21H18ClF3N2O2S. The summed E-state index contributed by atoms with van der Waals surface area (Å²) in [5.41, 5.74) is 1.60. The van der Waals surface area contributed by atoms with Crippen molar-refractivity contribution in [3.05, 3.63) is 74.7 Å². The average Bonchev–Trinajstić information content (AvgIpc) is 3.08. The molecule has 1 aromatic heterocycles. The Bertz CT molecular complexity index is 1070. The maximum absolute atomic E-state index is 12.9. The lowest BCUT2D eigenvalue weighted by Gasteiger charge is -2.10. The summed E-state index contributed by atoms with van der Waals surface area (Å²) in [5, 5.41) is 3.21. The Kier molecular flexibility index (Phi) is 6.67. The van der Waals surface area contributed by atoms with Gasteiger partial charge in [-0.3, -0.25) is 10.1 Å². The van der Waals surface area contributed by atoms with Crippen LogP contribution in [-0.2, 0) is 17.4 Å². The van der Waals surface area contributed by atoms with Crippen LogP contribution in [0.5, 0.6) is 5.75 Å². The van der Waals surface area contributed by atoms with Crippen LogP contribution in [0.2, 0.25) is 5.02 Å². The van der Waals surface area contributed by atoms with Crippen molar-refractivity contribution in [2.75, 3.05) is 11.9 Å². The largest absolute Gasteiger partial charge is 0.483 e. The van der Waals surface area contributed by atoms with E-state index in [4.69, 9.17) is 16.3 Å². The fraction of sp³-hybridized carbons (Fsp3) is 0.238. The number of ether oxygens (including phenoxy) is 1. The molecule has 2 aromatic carbocycles. The molecule has 0 fully saturated rings. The molecule has 0 aliphatic rings. The predicted octanol–water partition coefficient (Wildman–Crippen LogP) is 6.04. The summed E-state index contributed by atoms with van der Waals surface area (Å²) in [4.78, 5) is 16.9. The average molecular weight is 455 g/mol. The maximum atomic E-state index is 12.9. The van der Waals surface area contributed by atoms with Crippen LogP contribution in [-0.4, -0.2) is 17.5 Å². The number of aromatic nitrogens is 1. The van der Waals surface area contributed by atoms with E-state index in [1.165, 1.54) is 23.6 Å². The number of carbonyl (C=O) groups is 1. The second-order valence-electron chi connectivity index (χ2n) is 6.72. The standard InChI is InChI=1S/C21H18ClF3N2O2S/c1-12-3-6-18(13(2)7-12)29-11-19(28)27-20-26-10-16(30-20)9-14-8-15(21(23,24)25)4-5-17(14)22/h3-8,10H,9,11H2,1-2H3,(H,26,27,28). The van der Waals surface area contributed by atoms with Gasteiger partial charge in [0.15, 0.2) is 11.7 Å². The van der Waals surface area contributed by atoms with Crippen molar-refractivity contribution < 1.29 is 22.7 Å². The van der Waals surface area contributed by atoms with Crippen LogP contribution in [0.15, 0.2) is 42.6 Å². The zero-order valence-corrected chi connectivity index (χ0v) is 17.7. The van der Waals surface area contributed by atoms with E-state index >= 15 is 0 Å². The van der Waals surface area contributed by atoms with Gasteiger partial charge in [-0.2, -0.15) is 13.2 Å². The third-order valence-electron chi connectivity index (χ3n) is 4.23. The number of anilines is 1. The fourth-order valence-electron chi connectivity index (χ4n) is 2.78. The van der Waals surface area contributed by atoms with E-state index in [0.29, 0.717) is 21.3 Å². The first kappa shape index (κ1) is 22.1. The van der Waals surface area contributed by atoms with Crippen molar-refractivity contribution in [2.24, 2.45) is 0 Å². The monoisotopic (exact) mass is 454 g/mol. The highest BCUT2D eigenvalue weighted by atomic mass is 35.5. The summed E-state index contributed by atoms with van der Waals surface area (Å²) in [6.07, 6.45) is -2.76. The first-order chi connectivity index (χ1) is 14.1. The topological polar surface area (TPSA) is 51.2 Å². The Morgan fingerprint density at radius 3 is 2.67 bits per heavy atom. The van der Waals surface area contributed by atoms with Crippen LogP contribution >= 0.6 is 22.9 Å². The number of aryl methyl sites for hydroxylation is 2. The van der Waals surface area contributed by atoms with Gasteiger partial charge in [-0.25, -0.2) is 4.98 Å². The number of benzene rings is 2. The highest BCUT2D eigenvalue weighted by Gasteiger charge is 2.30. The first-order valence-electron chi connectivity index (χ1n) is 8.92. The predicted molar refractivity (Wildman–Crippen MR) is 111 cm³/mol. The van der Waals surface area contributed by atoms with Crippen molar-refractivity contribution in [1.82, 2.24) is 4.98 Å². The quantitative estimate of drug-likeness (QED) is 0.494. The molecule has 4 nitrogen and oxygen atoms in total. The third-order valence-corrected chi connectivity index (χ3v) is 5.51. The normalized spacial score (nSPS) is 11.4. The van der Waals surface area contributed by atoms with Gasteiger partial charge in [0.25, 0.3) is 5.91 Å². The van der Waals surface area contributed by atoms with Gasteiger partial charge in [-0.1, -0.05) is 29.3 Å². The summed E-state index contributed by atoms with van der Waals surface area (Å²) in [6, 6.07) is 8.86. The van der Waals surface area contributed by atoms with Gasteiger partial charge in [0.1, 0.15) is 5.75 Å². The van der Waals surface area contributed by atoms with Crippen LogP contribution in [0.1, 0.15) is 27.1 Å². The van der Waals surface area contributed by atoms with Gasteiger partial charge in [0.05, 0.1) is 5.56 Å². The molecule has 0 saturated carbocycles. The van der Waals surface area contributed by atoms with Gasteiger partial charge >= 0.3 is 6.18 Å². The van der Waals surface area contributed by atoms with Crippen LogP contribution in [0, 0.1) is 13.8 Å². The Balaban J connectivity index is 1.60. The van der Waals surface area contributed by atoms with E-state index in [1.54, 1.807) is 6.07 Å². The zero-order valence-electron chi connectivity index (χ0n) is 16.1. The molecular weight excluding hydrogens is 437 g/mol. The van der Waals surface area contributed by atoms with Crippen molar-refractivity contribution >= 4 is 34.0 Å². The second-order valence-corrected chi connectivity index (χ2v) is 8.24. The lowest BCUT2D eigenvalue weighted by atomic mass is 10.1. The number of amides is 1. The van der Waals surface area contributed by atoms with E-state index in [0.717, 1.165) is 23.3 Å². The molecule has 158 valence electrons. The molecule has 9 heteroatoms. The first-order valence-corrected chi connectivity index (χ1v) is 10.1. The Labute approximate surface area is 180 Å². The minimum atomic E-state index is -4.44. The smallest absolute Gasteiger partial charge is 0.416 e. The number of nitrogens with one attached hydrogen (secondary N) is 1. The van der Waals surface area contributed by atoms with Gasteiger partial charge in [-0.15, -0.1) is 11.3 Å². The lowest BCUT2D eigenvalue weighted by molar-refractivity contribution is -0.137. The second kappa shape index (κ2) is 9.06. The Morgan fingerprint density at radius 1 is 1.20 bits per heavy atom. The molecule has 1 amide bonds. The van der Waals surface area contributed by atoms with Crippen LogP contribution in [0.25, 0.3) is 0 Å². The molecule has 30 heavy (non-hydrogen) atoms. The Hall–Kier alpha value is -2.58. The lowest BCUT2D eigenvalue weighted by Crippen LogP contribution is -2.20. The Morgan fingerprint density at radius 2 is 1.97 bits per heavy atom. The molecule has 3 rings (SSSR count). The number of alkyl halides is 3. The molecule has 0 saturated heterocycles. The molecule has 0 unspecified atom stereocenters. The number of nitrogens with zero attached hydrogens (tertiary/aromatic N) is 1. The maximum Gasteiger partial charge on any atom is 0.416 e. The molecule has 0 atom stereocenters. The fourth-order valence-corrected chi connectivity index (χ4v) is 3.82. The number of halogens is 4. The number of rotatable bonds is 6. The molecule has 0 aliphatic heterocycles. The van der Waals surface area contributed by atoms with Gasteiger partial charge in [0.2, 0.25) is 0 Å². The van der Waals surface area contributed by atoms with E-state index in [1.807, 2.05) is 26.0 Å². The van der Waals surface area contributed by atoms with Gasteiger partial charge in [-0.05, 0) is 49.2 Å². The third kappa shape index (κ3) is 5.73. The highest BCUT2D eigenvalue weighted by molar-refractivity contribution is 7.15. The van der Waals surface area contributed by atoms with Gasteiger partial charge < -0.3 is 4.74 Å². The van der Waals surface area contributed by atoms with Crippen LogP contribution in [0.4, 0.5) is 18.3 Å². The summed E-state index contributed by atoms with van der Waals surface area (Å²) in [5.74, 6) is 0.239. The SMILES string of the molecule is Cc1ccc(OCC(=O)Nc2ncc(Cc3cc(C(F)(F)F)ccc3Cl)s2)c(C)c1.